The lowest BCUT2D eigenvalue weighted by Gasteiger charge is -2.06. The molecule has 0 unspecified atom stereocenters. The first-order chi connectivity index (χ1) is 7.09. The van der Waals surface area contributed by atoms with Crippen LogP contribution in [0.3, 0.4) is 0 Å². The molecule has 0 atom stereocenters. The first-order valence-electron chi connectivity index (χ1n) is 4.63. The van der Waals surface area contributed by atoms with Crippen molar-refractivity contribution >= 4 is 13.8 Å². The van der Waals surface area contributed by atoms with E-state index in [4.69, 9.17) is 4.52 Å². The van der Waals surface area contributed by atoms with Gasteiger partial charge in [-0.05, 0) is 25.3 Å². The second-order valence-electron chi connectivity index (χ2n) is 3.32. The number of nitrogens with zero attached hydrogens (tertiary/aromatic N) is 1. The van der Waals surface area contributed by atoms with E-state index in [-0.39, 0.29) is 13.8 Å². The molecular formula is C10H14NO3P. The fourth-order valence-electron chi connectivity index (χ4n) is 1.13. The quantitative estimate of drug-likeness (QED) is 0.441. The molecule has 0 aliphatic carbocycles. The van der Waals surface area contributed by atoms with Crippen LogP contribution in [0.4, 0.5) is 5.69 Å². The molecule has 0 heterocycles. The number of rotatable bonds is 5. The predicted octanol–water partition coefficient (Wildman–Crippen LogP) is 2.81. The SMILES string of the molecule is CP(C)OCCc1ccc([N+](=O)[O-])cc1. The summed E-state index contributed by atoms with van der Waals surface area (Å²) in [6, 6.07) is 6.59. The molecule has 0 radical (unpaired) electrons. The van der Waals surface area contributed by atoms with Gasteiger partial charge in [0.2, 0.25) is 0 Å². The zero-order chi connectivity index (χ0) is 11.3. The van der Waals surface area contributed by atoms with E-state index in [1.807, 2.05) is 13.3 Å². The summed E-state index contributed by atoms with van der Waals surface area (Å²) >= 11 is 0. The van der Waals surface area contributed by atoms with E-state index < -0.39 is 4.92 Å². The number of hydrogen-bond acceptors (Lipinski definition) is 3. The van der Waals surface area contributed by atoms with Gasteiger partial charge < -0.3 is 4.52 Å². The van der Waals surface area contributed by atoms with E-state index in [2.05, 4.69) is 0 Å². The summed E-state index contributed by atoms with van der Waals surface area (Å²) in [5, 5.41) is 10.4. The third kappa shape index (κ3) is 4.36. The van der Waals surface area contributed by atoms with Gasteiger partial charge in [0.05, 0.1) is 11.5 Å². The fraction of sp³-hybridized carbons (Fsp3) is 0.400. The molecule has 0 amide bonds. The summed E-state index contributed by atoms with van der Waals surface area (Å²) in [5.41, 5.74) is 1.20. The molecule has 4 nitrogen and oxygen atoms in total. The van der Waals surface area contributed by atoms with Crippen LogP contribution in [0.5, 0.6) is 0 Å². The Labute approximate surface area is 90.2 Å². The van der Waals surface area contributed by atoms with E-state index in [1.54, 1.807) is 12.1 Å². The smallest absolute Gasteiger partial charge is 0.269 e. The van der Waals surface area contributed by atoms with Crippen molar-refractivity contribution in [1.82, 2.24) is 0 Å². The average molecular weight is 227 g/mol. The van der Waals surface area contributed by atoms with Gasteiger partial charge in [-0.2, -0.15) is 0 Å². The number of hydrogen-bond donors (Lipinski definition) is 0. The van der Waals surface area contributed by atoms with Crippen LogP contribution >= 0.6 is 8.15 Å². The predicted molar refractivity (Wildman–Crippen MR) is 61.5 cm³/mol. The molecule has 0 aliphatic heterocycles. The highest BCUT2D eigenvalue weighted by atomic mass is 31.1. The highest BCUT2D eigenvalue weighted by molar-refractivity contribution is 7.50. The molecule has 0 saturated carbocycles. The van der Waals surface area contributed by atoms with Crippen LogP contribution in [0, 0.1) is 10.1 Å². The lowest BCUT2D eigenvalue weighted by Crippen LogP contribution is -1.95. The van der Waals surface area contributed by atoms with Gasteiger partial charge in [-0.3, -0.25) is 10.1 Å². The zero-order valence-electron chi connectivity index (χ0n) is 8.84. The molecule has 0 fully saturated rings. The molecule has 0 saturated heterocycles. The first-order valence-corrected chi connectivity index (χ1v) is 6.78. The van der Waals surface area contributed by atoms with Gasteiger partial charge >= 0.3 is 0 Å². The number of nitro groups is 1. The standard InChI is InChI=1S/C10H14NO3P/c1-15(2)14-8-7-9-3-5-10(6-4-9)11(12)13/h3-6H,7-8H2,1-2H3. The molecule has 82 valence electrons. The Bertz CT molecular complexity index is 324. The van der Waals surface area contributed by atoms with Crippen molar-refractivity contribution in [3.05, 3.63) is 39.9 Å². The highest BCUT2D eigenvalue weighted by Gasteiger charge is 2.03. The molecule has 0 aliphatic rings. The van der Waals surface area contributed by atoms with Gasteiger partial charge in [0, 0.05) is 20.3 Å². The largest absolute Gasteiger partial charge is 0.359 e. The second kappa shape index (κ2) is 5.79. The van der Waals surface area contributed by atoms with E-state index >= 15 is 0 Å². The molecule has 15 heavy (non-hydrogen) atoms. The summed E-state index contributed by atoms with van der Waals surface area (Å²) in [7, 11) is -0.321. The molecule has 1 rings (SSSR count). The lowest BCUT2D eigenvalue weighted by atomic mass is 10.1. The number of non-ortho nitro benzene ring substituents is 1. The summed E-state index contributed by atoms with van der Waals surface area (Å²) in [4.78, 5) is 10.0. The van der Waals surface area contributed by atoms with Crippen molar-refractivity contribution in [1.29, 1.82) is 0 Å². The van der Waals surface area contributed by atoms with Gasteiger partial charge in [0.25, 0.3) is 5.69 Å². The molecule has 0 bridgehead atoms. The molecular weight excluding hydrogens is 213 g/mol. The fourth-order valence-corrected chi connectivity index (χ4v) is 1.59. The second-order valence-corrected chi connectivity index (χ2v) is 5.20. The van der Waals surface area contributed by atoms with Crippen LogP contribution in [0.25, 0.3) is 0 Å². The van der Waals surface area contributed by atoms with Gasteiger partial charge in [0.15, 0.2) is 0 Å². The molecule has 1 aromatic rings. The first kappa shape index (κ1) is 12.1. The van der Waals surface area contributed by atoms with Gasteiger partial charge in [-0.25, -0.2) is 0 Å². The Morgan fingerprint density at radius 1 is 1.33 bits per heavy atom. The van der Waals surface area contributed by atoms with Gasteiger partial charge in [0.1, 0.15) is 0 Å². The highest BCUT2D eigenvalue weighted by Crippen LogP contribution is 2.25. The van der Waals surface area contributed by atoms with Crippen molar-refractivity contribution in [2.45, 2.75) is 6.42 Å². The maximum Gasteiger partial charge on any atom is 0.269 e. The van der Waals surface area contributed by atoms with Crippen LogP contribution < -0.4 is 0 Å². The maximum atomic E-state index is 10.4. The monoisotopic (exact) mass is 227 g/mol. The third-order valence-corrected chi connectivity index (χ3v) is 2.59. The summed E-state index contributed by atoms with van der Waals surface area (Å²) in [5.74, 6) is 0. The van der Waals surface area contributed by atoms with Crippen LogP contribution in [0.1, 0.15) is 5.56 Å². The summed E-state index contributed by atoms with van der Waals surface area (Å²) in [6.07, 6.45) is 0.804. The summed E-state index contributed by atoms with van der Waals surface area (Å²) < 4.78 is 5.45. The van der Waals surface area contributed by atoms with E-state index in [0.29, 0.717) is 6.61 Å². The number of benzene rings is 1. The normalized spacial score (nSPS) is 10.6. The maximum absolute atomic E-state index is 10.4. The van der Waals surface area contributed by atoms with E-state index in [9.17, 15) is 10.1 Å². The van der Waals surface area contributed by atoms with Crippen LogP contribution in [0.15, 0.2) is 24.3 Å². The Morgan fingerprint density at radius 2 is 1.93 bits per heavy atom. The minimum Gasteiger partial charge on any atom is -0.359 e. The minimum absolute atomic E-state index is 0.132. The van der Waals surface area contributed by atoms with Crippen molar-refractivity contribution in [3.8, 4) is 0 Å². The molecule has 1 aromatic carbocycles. The van der Waals surface area contributed by atoms with Gasteiger partial charge in [-0.15, -0.1) is 0 Å². The van der Waals surface area contributed by atoms with E-state index in [1.165, 1.54) is 12.1 Å². The Hall–Kier alpha value is -0.990. The molecule has 0 N–H and O–H groups in total. The van der Waals surface area contributed by atoms with Crippen LogP contribution in [-0.2, 0) is 10.9 Å². The lowest BCUT2D eigenvalue weighted by molar-refractivity contribution is -0.384. The van der Waals surface area contributed by atoms with Crippen LogP contribution in [-0.4, -0.2) is 24.9 Å². The molecule has 0 aromatic heterocycles. The molecule has 0 spiro atoms. The Morgan fingerprint density at radius 3 is 2.40 bits per heavy atom. The Balaban J connectivity index is 2.46. The topological polar surface area (TPSA) is 52.4 Å². The third-order valence-electron chi connectivity index (χ3n) is 1.89. The summed E-state index contributed by atoms with van der Waals surface area (Å²) in [6.45, 7) is 4.77. The van der Waals surface area contributed by atoms with Crippen molar-refractivity contribution in [2.24, 2.45) is 0 Å². The number of nitro benzene ring substituents is 1. The average Bonchev–Trinajstić information content (AvgIpc) is 2.18. The van der Waals surface area contributed by atoms with E-state index in [0.717, 1.165) is 12.0 Å². The van der Waals surface area contributed by atoms with Crippen molar-refractivity contribution in [2.75, 3.05) is 19.9 Å². The van der Waals surface area contributed by atoms with Crippen molar-refractivity contribution < 1.29 is 9.45 Å². The Kier molecular flexibility index (Phi) is 4.66. The van der Waals surface area contributed by atoms with Crippen molar-refractivity contribution in [3.63, 3.8) is 0 Å². The van der Waals surface area contributed by atoms with Crippen LogP contribution in [0.2, 0.25) is 0 Å². The zero-order valence-corrected chi connectivity index (χ0v) is 9.74. The molecule has 5 heteroatoms. The minimum atomic E-state index is -0.391. The van der Waals surface area contributed by atoms with Gasteiger partial charge in [-0.1, -0.05) is 12.1 Å².